The van der Waals surface area contributed by atoms with Crippen LogP contribution in [0.4, 0.5) is 0 Å². The summed E-state index contributed by atoms with van der Waals surface area (Å²) >= 11 is 0. The molecule has 180 valence electrons. The van der Waals surface area contributed by atoms with Crippen LogP contribution in [0.25, 0.3) is 0 Å². The highest BCUT2D eigenvalue weighted by Crippen LogP contribution is 2.12. The van der Waals surface area contributed by atoms with Gasteiger partial charge in [-0.1, -0.05) is 13.8 Å². The number of ether oxygens (including phenoxy) is 1. The topological polar surface area (TPSA) is 77.5 Å². The third kappa shape index (κ3) is 10.9. The number of piperazine rings is 1. The molecule has 0 spiro atoms. The fourth-order valence-corrected chi connectivity index (χ4v) is 4.59. The number of likely N-dealkylation sites (N-methyl/N-ethyl adjacent to an activating group) is 1. The van der Waals surface area contributed by atoms with E-state index in [1.54, 1.807) is 4.31 Å². The Labute approximate surface area is 201 Å². The molecule has 1 saturated heterocycles. The maximum atomic E-state index is 12.5. The normalized spacial score (nSPS) is 17.5. The predicted octanol–water partition coefficient (Wildman–Crippen LogP) is 1.92. The molecule has 0 aromatic heterocycles. The fraction of sp³-hybridized carbons (Fsp3) is 0.950. The van der Waals surface area contributed by atoms with Crippen LogP contribution < -0.4 is 5.32 Å². The lowest BCUT2D eigenvalue weighted by Gasteiger charge is -2.36. The Balaban J connectivity index is 0.00000841. The number of rotatable bonds is 11. The van der Waals surface area contributed by atoms with Crippen molar-refractivity contribution < 1.29 is 13.2 Å². The van der Waals surface area contributed by atoms with E-state index in [0.29, 0.717) is 38.1 Å². The lowest BCUT2D eigenvalue weighted by atomic mass is 10.0. The van der Waals surface area contributed by atoms with E-state index in [1.165, 1.54) is 0 Å². The molecule has 1 atom stereocenters. The summed E-state index contributed by atoms with van der Waals surface area (Å²) in [6.07, 6.45) is 1.14. The standard InChI is InChI=1S/C20H43N5O3S.HI/c1-8-21-20(22-16-19(23(6)7)15-17(2)3)24-9-11-25(12-10-24)29(26,27)14-13-28-18(4)5;/h17-19H,8-16H2,1-7H3,(H,21,22);1H. The average molecular weight is 562 g/mol. The van der Waals surface area contributed by atoms with Crippen molar-refractivity contribution in [2.24, 2.45) is 10.9 Å². The zero-order valence-corrected chi connectivity index (χ0v) is 23.1. The van der Waals surface area contributed by atoms with Gasteiger partial charge in [-0.2, -0.15) is 4.31 Å². The molecule has 0 radical (unpaired) electrons. The SMILES string of the molecule is CCNC(=NCC(CC(C)C)N(C)C)N1CCN(S(=O)(=O)CCOC(C)C)CC1.I. The second-order valence-corrected chi connectivity index (χ2v) is 10.7. The van der Waals surface area contributed by atoms with Crippen LogP contribution >= 0.6 is 24.0 Å². The van der Waals surface area contributed by atoms with Gasteiger partial charge in [-0.3, -0.25) is 4.99 Å². The summed E-state index contributed by atoms with van der Waals surface area (Å²) in [6, 6.07) is 0.395. The lowest BCUT2D eigenvalue weighted by molar-refractivity contribution is 0.0904. The Morgan fingerprint density at radius 3 is 2.20 bits per heavy atom. The summed E-state index contributed by atoms with van der Waals surface area (Å²) in [6.45, 7) is 14.4. The number of hydrogen-bond donors (Lipinski definition) is 1. The number of hydrogen-bond acceptors (Lipinski definition) is 5. The van der Waals surface area contributed by atoms with Gasteiger partial charge in [-0.05, 0) is 47.2 Å². The van der Waals surface area contributed by atoms with Crippen LogP contribution in [0, 0.1) is 5.92 Å². The van der Waals surface area contributed by atoms with Gasteiger partial charge in [0.1, 0.15) is 0 Å². The summed E-state index contributed by atoms with van der Waals surface area (Å²) in [5, 5.41) is 3.37. The van der Waals surface area contributed by atoms with Gasteiger partial charge in [0.05, 0.1) is 25.0 Å². The van der Waals surface area contributed by atoms with Crippen LogP contribution in [0.5, 0.6) is 0 Å². The first kappa shape index (κ1) is 29.8. The van der Waals surface area contributed by atoms with E-state index in [1.807, 2.05) is 13.8 Å². The molecule has 0 aliphatic carbocycles. The molecule has 1 N–H and O–H groups in total. The highest BCUT2D eigenvalue weighted by atomic mass is 127. The number of nitrogens with zero attached hydrogens (tertiary/aromatic N) is 4. The van der Waals surface area contributed by atoms with Crippen LogP contribution in [0.15, 0.2) is 4.99 Å². The summed E-state index contributed by atoms with van der Waals surface area (Å²) in [5.74, 6) is 1.54. The van der Waals surface area contributed by atoms with Gasteiger partial charge in [0, 0.05) is 38.8 Å². The molecule has 0 bridgehead atoms. The largest absolute Gasteiger partial charge is 0.378 e. The van der Waals surface area contributed by atoms with Crippen LogP contribution in [0.1, 0.15) is 41.0 Å². The van der Waals surface area contributed by atoms with Crippen molar-refractivity contribution in [3.05, 3.63) is 0 Å². The van der Waals surface area contributed by atoms with Gasteiger partial charge in [0.25, 0.3) is 0 Å². The van der Waals surface area contributed by atoms with Gasteiger partial charge in [-0.25, -0.2) is 8.42 Å². The molecule has 1 aliphatic heterocycles. The Morgan fingerprint density at radius 1 is 1.13 bits per heavy atom. The maximum absolute atomic E-state index is 12.5. The van der Waals surface area contributed by atoms with Gasteiger partial charge in [0.2, 0.25) is 10.0 Å². The first-order valence-electron chi connectivity index (χ1n) is 10.9. The molecule has 0 aromatic carbocycles. The van der Waals surface area contributed by atoms with Crippen LogP contribution in [0.2, 0.25) is 0 Å². The average Bonchev–Trinajstić information content (AvgIpc) is 2.63. The number of halogens is 1. The third-order valence-corrected chi connectivity index (χ3v) is 6.82. The second kappa shape index (κ2) is 14.8. The predicted molar refractivity (Wildman–Crippen MR) is 136 cm³/mol. The molecule has 10 heteroatoms. The highest BCUT2D eigenvalue weighted by Gasteiger charge is 2.28. The summed E-state index contributed by atoms with van der Waals surface area (Å²) < 4.78 is 32.1. The van der Waals surface area contributed by atoms with E-state index >= 15 is 0 Å². The first-order valence-corrected chi connectivity index (χ1v) is 12.5. The van der Waals surface area contributed by atoms with Crippen molar-refractivity contribution in [1.82, 2.24) is 19.4 Å². The van der Waals surface area contributed by atoms with E-state index in [0.717, 1.165) is 25.5 Å². The molecule has 1 heterocycles. The molecule has 0 saturated carbocycles. The zero-order chi connectivity index (χ0) is 22.0. The van der Waals surface area contributed by atoms with E-state index in [9.17, 15) is 8.42 Å². The number of guanidine groups is 1. The minimum absolute atomic E-state index is 0. The van der Waals surface area contributed by atoms with E-state index in [-0.39, 0.29) is 42.4 Å². The minimum Gasteiger partial charge on any atom is -0.378 e. The number of sulfonamides is 1. The molecule has 1 aliphatic rings. The van der Waals surface area contributed by atoms with Crippen molar-refractivity contribution in [1.29, 1.82) is 0 Å². The third-order valence-electron chi connectivity index (χ3n) is 4.98. The molecule has 1 fully saturated rings. The van der Waals surface area contributed by atoms with Gasteiger partial charge >= 0.3 is 0 Å². The highest BCUT2D eigenvalue weighted by molar-refractivity contribution is 14.0. The van der Waals surface area contributed by atoms with Crippen molar-refractivity contribution in [2.75, 3.05) is 65.7 Å². The van der Waals surface area contributed by atoms with Gasteiger partial charge in [-0.15, -0.1) is 24.0 Å². The second-order valence-electron chi connectivity index (χ2n) is 8.56. The van der Waals surface area contributed by atoms with Crippen LogP contribution in [-0.4, -0.2) is 106 Å². The number of nitrogens with one attached hydrogen (secondary N) is 1. The minimum atomic E-state index is -3.28. The molecular formula is C20H44IN5O3S. The van der Waals surface area contributed by atoms with E-state index in [4.69, 9.17) is 9.73 Å². The Hall–Kier alpha value is -0.170. The molecule has 8 nitrogen and oxygen atoms in total. The smallest absolute Gasteiger partial charge is 0.216 e. The molecule has 1 unspecified atom stereocenters. The van der Waals surface area contributed by atoms with Crippen molar-refractivity contribution in [2.45, 2.75) is 53.2 Å². The van der Waals surface area contributed by atoms with Crippen molar-refractivity contribution in [3.8, 4) is 0 Å². The van der Waals surface area contributed by atoms with Crippen LogP contribution in [-0.2, 0) is 14.8 Å². The van der Waals surface area contributed by atoms with Crippen molar-refractivity contribution >= 4 is 40.0 Å². The number of aliphatic imine (C=N–C) groups is 1. The monoisotopic (exact) mass is 561 g/mol. The Morgan fingerprint density at radius 2 is 1.73 bits per heavy atom. The Kier molecular flexibility index (Phi) is 14.7. The molecule has 1 rings (SSSR count). The molecule has 0 amide bonds. The van der Waals surface area contributed by atoms with Gasteiger partial charge < -0.3 is 19.9 Å². The van der Waals surface area contributed by atoms with Crippen molar-refractivity contribution in [3.63, 3.8) is 0 Å². The van der Waals surface area contributed by atoms with E-state index in [2.05, 4.69) is 50.0 Å². The summed E-state index contributed by atoms with van der Waals surface area (Å²) in [5.41, 5.74) is 0. The quantitative estimate of drug-likeness (QED) is 0.236. The fourth-order valence-electron chi connectivity index (χ4n) is 3.31. The molecular weight excluding hydrogens is 517 g/mol. The summed E-state index contributed by atoms with van der Waals surface area (Å²) in [4.78, 5) is 9.27. The summed E-state index contributed by atoms with van der Waals surface area (Å²) in [7, 11) is 0.923. The zero-order valence-electron chi connectivity index (χ0n) is 19.9. The first-order chi connectivity index (χ1) is 13.6. The molecule has 30 heavy (non-hydrogen) atoms. The Bertz CT molecular complexity index is 591. The van der Waals surface area contributed by atoms with E-state index < -0.39 is 10.0 Å². The molecule has 0 aromatic rings. The maximum Gasteiger partial charge on any atom is 0.216 e. The lowest BCUT2D eigenvalue weighted by Crippen LogP contribution is -2.54. The van der Waals surface area contributed by atoms with Gasteiger partial charge in [0.15, 0.2) is 5.96 Å². The van der Waals surface area contributed by atoms with Crippen LogP contribution in [0.3, 0.4) is 0 Å².